The van der Waals surface area contributed by atoms with Gasteiger partial charge in [-0.25, -0.2) is 9.78 Å². The molecule has 0 saturated heterocycles. The van der Waals surface area contributed by atoms with E-state index in [1.165, 1.54) is 0 Å². The van der Waals surface area contributed by atoms with Crippen LogP contribution in [0.15, 0.2) is 91.8 Å². The van der Waals surface area contributed by atoms with Crippen molar-refractivity contribution < 1.29 is 4.42 Å². The standard InChI is InChI=1S/C22H17BrN2O2S/c1-14(2)13-28-22-24-19(12-25(22)17-9-7-16(23)8-10-17)18-11-15-5-3-4-6-20(15)27-21(18)26/h3-12H,1,13H2,2H3. The Kier molecular flexibility index (Phi) is 5.24. The number of rotatable bonds is 5. The van der Waals surface area contributed by atoms with Gasteiger partial charge in [0, 0.05) is 27.5 Å². The van der Waals surface area contributed by atoms with Crippen LogP contribution in [0.4, 0.5) is 0 Å². The second-order valence-electron chi connectivity index (χ2n) is 6.49. The second kappa shape index (κ2) is 7.81. The van der Waals surface area contributed by atoms with Gasteiger partial charge in [-0.15, -0.1) is 0 Å². The van der Waals surface area contributed by atoms with Gasteiger partial charge < -0.3 is 4.42 Å². The third-order valence-electron chi connectivity index (χ3n) is 4.14. The average Bonchev–Trinajstić information content (AvgIpc) is 3.10. The maximum absolute atomic E-state index is 12.6. The fourth-order valence-corrected chi connectivity index (χ4v) is 3.91. The van der Waals surface area contributed by atoms with Crippen molar-refractivity contribution in [2.24, 2.45) is 0 Å². The summed E-state index contributed by atoms with van der Waals surface area (Å²) < 4.78 is 8.48. The highest BCUT2D eigenvalue weighted by Crippen LogP contribution is 2.28. The molecular weight excluding hydrogens is 436 g/mol. The van der Waals surface area contributed by atoms with Crippen molar-refractivity contribution in [1.29, 1.82) is 0 Å². The molecule has 0 bridgehead atoms. The zero-order valence-electron chi connectivity index (χ0n) is 15.2. The van der Waals surface area contributed by atoms with Gasteiger partial charge in [-0.2, -0.15) is 0 Å². The predicted molar refractivity (Wildman–Crippen MR) is 118 cm³/mol. The molecule has 0 radical (unpaired) electrons. The summed E-state index contributed by atoms with van der Waals surface area (Å²) in [5.74, 6) is 0.749. The van der Waals surface area contributed by atoms with Crippen molar-refractivity contribution in [2.45, 2.75) is 12.1 Å². The van der Waals surface area contributed by atoms with Crippen LogP contribution in [0.3, 0.4) is 0 Å². The lowest BCUT2D eigenvalue weighted by molar-refractivity contribution is 0.563. The number of imidazole rings is 1. The van der Waals surface area contributed by atoms with E-state index < -0.39 is 5.63 Å². The SMILES string of the molecule is C=C(C)CSc1nc(-c2cc3ccccc3oc2=O)cn1-c1ccc(Br)cc1. The summed E-state index contributed by atoms with van der Waals surface area (Å²) in [6.45, 7) is 5.95. The highest BCUT2D eigenvalue weighted by molar-refractivity contribution is 9.10. The van der Waals surface area contributed by atoms with Crippen LogP contribution in [-0.4, -0.2) is 15.3 Å². The Morgan fingerprint density at radius 2 is 1.96 bits per heavy atom. The zero-order valence-corrected chi connectivity index (χ0v) is 17.6. The molecule has 0 fully saturated rings. The lowest BCUT2D eigenvalue weighted by Crippen LogP contribution is -2.02. The highest BCUT2D eigenvalue weighted by Gasteiger charge is 2.16. The Morgan fingerprint density at radius 3 is 2.71 bits per heavy atom. The quantitative estimate of drug-likeness (QED) is 0.209. The van der Waals surface area contributed by atoms with Gasteiger partial charge in [0.1, 0.15) is 5.58 Å². The Balaban J connectivity index is 1.85. The zero-order chi connectivity index (χ0) is 19.7. The first-order valence-corrected chi connectivity index (χ1v) is 10.4. The van der Waals surface area contributed by atoms with Crippen LogP contribution in [0, 0.1) is 0 Å². The van der Waals surface area contributed by atoms with E-state index in [-0.39, 0.29) is 0 Å². The van der Waals surface area contributed by atoms with Crippen molar-refractivity contribution in [3.05, 3.63) is 87.8 Å². The van der Waals surface area contributed by atoms with Crippen LogP contribution in [-0.2, 0) is 0 Å². The molecule has 28 heavy (non-hydrogen) atoms. The van der Waals surface area contributed by atoms with Crippen molar-refractivity contribution in [3.8, 4) is 16.9 Å². The first kappa shape index (κ1) is 18.8. The molecular formula is C22H17BrN2O2S. The molecule has 0 amide bonds. The molecule has 0 aliphatic heterocycles. The highest BCUT2D eigenvalue weighted by atomic mass is 79.9. The van der Waals surface area contributed by atoms with Gasteiger partial charge in [0.05, 0.1) is 11.3 Å². The number of halogens is 1. The van der Waals surface area contributed by atoms with Gasteiger partial charge in [-0.1, -0.05) is 58.0 Å². The Bertz CT molecular complexity index is 1230. The molecule has 6 heteroatoms. The van der Waals surface area contributed by atoms with Gasteiger partial charge in [-0.05, 0) is 43.3 Å². The van der Waals surface area contributed by atoms with Crippen molar-refractivity contribution in [2.75, 3.05) is 5.75 Å². The molecule has 0 atom stereocenters. The topological polar surface area (TPSA) is 48.0 Å². The van der Waals surface area contributed by atoms with Crippen molar-refractivity contribution in [1.82, 2.24) is 9.55 Å². The fourth-order valence-electron chi connectivity index (χ4n) is 2.81. The van der Waals surface area contributed by atoms with E-state index in [9.17, 15) is 4.79 Å². The third kappa shape index (κ3) is 3.84. The monoisotopic (exact) mass is 452 g/mol. The third-order valence-corrected chi connectivity index (χ3v) is 5.86. The number of benzene rings is 2. The summed E-state index contributed by atoms with van der Waals surface area (Å²) >= 11 is 5.05. The smallest absolute Gasteiger partial charge is 0.345 e. The van der Waals surface area contributed by atoms with Gasteiger partial charge >= 0.3 is 5.63 Å². The molecule has 0 saturated carbocycles. The molecule has 4 aromatic rings. The van der Waals surface area contributed by atoms with Crippen molar-refractivity contribution >= 4 is 38.7 Å². The van der Waals surface area contributed by atoms with E-state index >= 15 is 0 Å². The molecule has 2 aromatic carbocycles. The number of hydrogen-bond donors (Lipinski definition) is 0. The molecule has 0 N–H and O–H groups in total. The van der Waals surface area contributed by atoms with E-state index in [1.54, 1.807) is 17.8 Å². The molecule has 0 aliphatic rings. The number of thioether (sulfide) groups is 1. The lowest BCUT2D eigenvalue weighted by Gasteiger charge is -2.07. The molecule has 2 heterocycles. The number of nitrogens with zero attached hydrogens (tertiary/aromatic N) is 2. The molecule has 0 spiro atoms. The fraction of sp³-hybridized carbons (Fsp3) is 0.0909. The van der Waals surface area contributed by atoms with E-state index in [4.69, 9.17) is 9.40 Å². The maximum atomic E-state index is 12.6. The largest absolute Gasteiger partial charge is 0.422 e. The van der Waals surface area contributed by atoms with E-state index in [0.717, 1.165) is 32.0 Å². The van der Waals surface area contributed by atoms with Gasteiger partial charge in [-0.3, -0.25) is 4.57 Å². The minimum atomic E-state index is -0.393. The maximum Gasteiger partial charge on any atom is 0.345 e. The first-order chi connectivity index (χ1) is 13.5. The van der Waals surface area contributed by atoms with Crippen molar-refractivity contribution in [3.63, 3.8) is 0 Å². The van der Waals surface area contributed by atoms with Gasteiger partial charge in [0.25, 0.3) is 0 Å². The molecule has 2 aromatic heterocycles. The second-order valence-corrected chi connectivity index (χ2v) is 8.34. The van der Waals surface area contributed by atoms with Crippen LogP contribution < -0.4 is 5.63 Å². The summed E-state index contributed by atoms with van der Waals surface area (Å²) in [7, 11) is 0. The van der Waals surface area contributed by atoms with Crippen LogP contribution in [0.2, 0.25) is 0 Å². The molecule has 4 nitrogen and oxygen atoms in total. The summed E-state index contributed by atoms with van der Waals surface area (Å²) in [6.07, 6.45) is 1.88. The lowest BCUT2D eigenvalue weighted by atomic mass is 10.1. The summed E-state index contributed by atoms with van der Waals surface area (Å²) in [6, 6.07) is 17.3. The number of aromatic nitrogens is 2. The van der Waals surface area contributed by atoms with Crippen LogP contribution in [0.1, 0.15) is 6.92 Å². The molecule has 0 aliphatic carbocycles. The number of para-hydroxylation sites is 1. The average molecular weight is 453 g/mol. The van der Waals surface area contributed by atoms with E-state index in [1.807, 2.05) is 66.2 Å². The number of fused-ring (bicyclic) bond motifs is 1. The van der Waals surface area contributed by atoms with Gasteiger partial charge in [0.15, 0.2) is 5.16 Å². The minimum Gasteiger partial charge on any atom is -0.422 e. The Morgan fingerprint density at radius 1 is 1.21 bits per heavy atom. The molecule has 0 unspecified atom stereocenters. The molecule has 4 rings (SSSR count). The minimum absolute atomic E-state index is 0.393. The first-order valence-electron chi connectivity index (χ1n) is 8.67. The Labute approximate surface area is 175 Å². The summed E-state index contributed by atoms with van der Waals surface area (Å²) in [4.78, 5) is 17.3. The summed E-state index contributed by atoms with van der Waals surface area (Å²) in [5.41, 5.74) is 3.24. The van der Waals surface area contributed by atoms with Crippen LogP contribution >= 0.6 is 27.7 Å². The van der Waals surface area contributed by atoms with Crippen LogP contribution in [0.5, 0.6) is 0 Å². The Hall–Kier alpha value is -2.57. The van der Waals surface area contributed by atoms with Gasteiger partial charge in [0.2, 0.25) is 0 Å². The molecule has 140 valence electrons. The van der Waals surface area contributed by atoms with Crippen LogP contribution in [0.25, 0.3) is 27.9 Å². The predicted octanol–water partition coefficient (Wildman–Crippen LogP) is 6.08. The normalized spacial score (nSPS) is 11.1. The van der Waals surface area contributed by atoms with E-state index in [0.29, 0.717) is 16.8 Å². The summed E-state index contributed by atoms with van der Waals surface area (Å²) in [5, 5.41) is 1.67. The van der Waals surface area contributed by atoms with E-state index in [2.05, 4.69) is 22.5 Å². The number of hydrogen-bond acceptors (Lipinski definition) is 4.